The van der Waals surface area contributed by atoms with Gasteiger partial charge in [0.05, 0.1) is 12.1 Å². The van der Waals surface area contributed by atoms with E-state index in [1.54, 1.807) is 54.3 Å². The average molecular weight is 585 g/mol. The highest BCUT2D eigenvalue weighted by Crippen LogP contribution is 2.40. The third-order valence-electron chi connectivity index (χ3n) is 6.95. The molecule has 222 valence electrons. The van der Waals surface area contributed by atoms with Gasteiger partial charge in [0.25, 0.3) is 0 Å². The normalized spacial score (nSPS) is 19.5. The second-order valence-electron chi connectivity index (χ2n) is 10.5. The van der Waals surface area contributed by atoms with Crippen molar-refractivity contribution in [2.24, 2.45) is 10.7 Å². The lowest BCUT2D eigenvalue weighted by atomic mass is 9.99. The SMILES string of the molecule is C=N\C(N)=C/C=C(C)/C=C/C(=O)NCc1cc2cc(-c3ccc(C(O)N4CCC(C)(F)C4)cc3)cc(C(F)(F)F)c2o1. The van der Waals surface area contributed by atoms with Crippen LogP contribution < -0.4 is 11.1 Å². The van der Waals surface area contributed by atoms with E-state index < -0.39 is 29.5 Å². The van der Waals surface area contributed by atoms with E-state index in [9.17, 15) is 27.5 Å². The van der Waals surface area contributed by atoms with E-state index in [2.05, 4.69) is 17.0 Å². The Morgan fingerprint density at radius 2 is 1.93 bits per heavy atom. The number of aliphatic hydroxyl groups is 1. The first-order valence-corrected chi connectivity index (χ1v) is 13.2. The van der Waals surface area contributed by atoms with Gasteiger partial charge in [0.15, 0.2) is 0 Å². The molecule has 0 bridgehead atoms. The Labute approximate surface area is 240 Å². The predicted molar refractivity (Wildman–Crippen MR) is 154 cm³/mol. The minimum Gasteiger partial charge on any atom is -0.459 e. The highest BCUT2D eigenvalue weighted by atomic mass is 19.4. The molecule has 1 amide bonds. The Balaban J connectivity index is 1.52. The molecule has 7 nitrogen and oxygen atoms in total. The number of nitrogens with zero attached hydrogens (tertiary/aromatic N) is 2. The molecule has 1 saturated heterocycles. The summed E-state index contributed by atoms with van der Waals surface area (Å²) in [5.41, 5.74) is 4.91. The van der Waals surface area contributed by atoms with Crippen LogP contribution in [0.2, 0.25) is 0 Å². The Morgan fingerprint density at radius 3 is 2.55 bits per heavy atom. The lowest BCUT2D eigenvalue weighted by Crippen LogP contribution is -2.29. The molecule has 2 unspecified atom stereocenters. The number of benzene rings is 2. The van der Waals surface area contributed by atoms with Crippen molar-refractivity contribution in [1.82, 2.24) is 10.2 Å². The third kappa shape index (κ3) is 7.54. The van der Waals surface area contributed by atoms with Gasteiger partial charge in [-0.2, -0.15) is 13.2 Å². The number of carbonyl (C=O) groups excluding carboxylic acids is 1. The van der Waals surface area contributed by atoms with Gasteiger partial charge < -0.3 is 20.6 Å². The van der Waals surface area contributed by atoms with Crippen LogP contribution >= 0.6 is 0 Å². The van der Waals surface area contributed by atoms with Gasteiger partial charge in [-0.1, -0.05) is 42.0 Å². The highest BCUT2D eigenvalue weighted by molar-refractivity contribution is 5.89. The van der Waals surface area contributed by atoms with Gasteiger partial charge in [0, 0.05) is 24.6 Å². The molecule has 1 aromatic heterocycles. The zero-order valence-corrected chi connectivity index (χ0v) is 23.2. The molecule has 1 fully saturated rings. The fraction of sp³-hybridized carbons (Fsp3) is 0.290. The van der Waals surface area contributed by atoms with Crippen LogP contribution in [0.15, 0.2) is 87.6 Å². The van der Waals surface area contributed by atoms with E-state index >= 15 is 0 Å². The number of amides is 1. The average Bonchev–Trinajstić information content (AvgIpc) is 3.54. The second kappa shape index (κ2) is 12.3. The number of hydrogen-bond donors (Lipinski definition) is 3. The number of halogens is 4. The molecule has 2 aromatic carbocycles. The third-order valence-corrected chi connectivity index (χ3v) is 6.95. The standard InChI is InChI=1S/C31H32F4N4O3/c1-19(4-10-26(36)37-3)5-11-27(40)38-17-24-15-23-14-22(16-25(28(23)42-24)31(33,34)35)20-6-8-21(9-7-20)29(41)39-13-12-30(2,32)18-39/h4-11,14-16,29,41H,3,12-13,17-18,36H2,1-2H3,(H,38,40)/b11-5+,19-4+,26-10-. The Hall–Kier alpha value is -4.22. The monoisotopic (exact) mass is 584 g/mol. The van der Waals surface area contributed by atoms with Crippen LogP contribution in [0, 0.1) is 0 Å². The number of furan rings is 1. The fourth-order valence-electron chi connectivity index (χ4n) is 4.66. The topological polar surface area (TPSA) is 104 Å². The van der Waals surface area contributed by atoms with Gasteiger partial charge in [0.1, 0.15) is 29.1 Å². The zero-order chi connectivity index (χ0) is 30.7. The smallest absolute Gasteiger partial charge is 0.420 e. The number of nitrogens with two attached hydrogens (primary N) is 1. The summed E-state index contributed by atoms with van der Waals surface area (Å²) in [6, 6.07) is 10.5. The molecule has 2 atom stereocenters. The summed E-state index contributed by atoms with van der Waals surface area (Å²) in [6.45, 7) is 6.91. The molecular weight excluding hydrogens is 552 g/mol. The lowest BCUT2D eigenvalue weighted by Gasteiger charge is -2.24. The molecule has 11 heteroatoms. The first kappa shape index (κ1) is 30.7. The quantitative estimate of drug-likeness (QED) is 0.121. The molecule has 0 spiro atoms. The minimum atomic E-state index is -4.69. The summed E-state index contributed by atoms with van der Waals surface area (Å²) < 4.78 is 61.8. The van der Waals surface area contributed by atoms with Crippen molar-refractivity contribution in [3.05, 3.63) is 95.0 Å². The summed E-state index contributed by atoms with van der Waals surface area (Å²) in [7, 11) is 0. The van der Waals surface area contributed by atoms with Crippen molar-refractivity contribution >= 4 is 23.6 Å². The van der Waals surface area contributed by atoms with Gasteiger partial charge in [-0.15, -0.1) is 0 Å². The van der Waals surface area contributed by atoms with Crippen LogP contribution in [-0.2, 0) is 17.5 Å². The van der Waals surface area contributed by atoms with Gasteiger partial charge >= 0.3 is 6.18 Å². The molecular formula is C31H32F4N4O3. The van der Waals surface area contributed by atoms with Crippen molar-refractivity contribution in [3.63, 3.8) is 0 Å². The first-order chi connectivity index (χ1) is 19.8. The summed E-state index contributed by atoms with van der Waals surface area (Å²) in [5, 5.41) is 13.5. The second-order valence-corrected chi connectivity index (χ2v) is 10.5. The Morgan fingerprint density at radius 1 is 1.21 bits per heavy atom. The highest BCUT2D eigenvalue weighted by Gasteiger charge is 2.37. The maximum Gasteiger partial charge on any atom is 0.420 e. The molecule has 0 radical (unpaired) electrons. The van der Waals surface area contributed by atoms with Crippen LogP contribution in [-0.4, -0.2) is 41.4 Å². The molecule has 1 aliphatic heterocycles. The lowest BCUT2D eigenvalue weighted by molar-refractivity contribution is -0.136. The molecule has 0 aliphatic carbocycles. The van der Waals surface area contributed by atoms with Crippen LogP contribution in [0.1, 0.15) is 43.4 Å². The molecule has 4 rings (SSSR count). The van der Waals surface area contributed by atoms with Gasteiger partial charge in [-0.3, -0.25) is 9.69 Å². The molecule has 42 heavy (non-hydrogen) atoms. The number of carbonyl (C=O) groups is 1. The molecule has 3 aromatic rings. The van der Waals surface area contributed by atoms with Gasteiger partial charge in [-0.05, 0) is 68.0 Å². The number of rotatable bonds is 9. The summed E-state index contributed by atoms with van der Waals surface area (Å²) >= 11 is 0. The molecule has 2 heterocycles. The molecule has 1 aliphatic rings. The van der Waals surface area contributed by atoms with Crippen LogP contribution in [0.25, 0.3) is 22.1 Å². The molecule has 4 N–H and O–H groups in total. The van der Waals surface area contributed by atoms with Crippen molar-refractivity contribution in [1.29, 1.82) is 0 Å². The number of fused-ring (bicyclic) bond motifs is 1. The maximum absolute atomic E-state index is 14.2. The van der Waals surface area contributed by atoms with E-state index in [0.717, 1.165) is 6.07 Å². The number of allylic oxidation sites excluding steroid dienone is 4. The maximum atomic E-state index is 14.2. The summed E-state index contributed by atoms with van der Waals surface area (Å²) in [6.07, 6.45) is 0.601. The Bertz CT molecular complexity index is 1550. The number of aliphatic hydroxyl groups excluding tert-OH is 1. The van der Waals surface area contributed by atoms with E-state index in [-0.39, 0.29) is 35.6 Å². The van der Waals surface area contributed by atoms with Crippen LogP contribution in [0.5, 0.6) is 0 Å². The first-order valence-electron chi connectivity index (χ1n) is 13.2. The van der Waals surface area contributed by atoms with Crippen LogP contribution in [0.3, 0.4) is 0 Å². The van der Waals surface area contributed by atoms with E-state index in [1.807, 2.05) is 0 Å². The minimum absolute atomic E-state index is 0.0962. The summed E-state index contributed by atoms with van der Waals surface area (Å²) in [4.78, 5) is 17.4. The van der Waals surface area contributed by atoms with Crippen LogP contribution in [0.4, 0.5) is 17.6 Å². The predicted octanol–water partition coefficient (Wildman–Crippen LogP) is 6.16. The largest absolute Gasteiger partial charge is 0.459 e. The van der Waals surface area contributed by atoms with E-state index in [0.29, 0.717) is 35.2 Å². The van der Waals surface area contributed by atoms with E-state index in [1.165, 1.54) is 25.1 Å². The number of nitrogens with one attached hydrogen (secondary N) is 1. The van der Waals surface area contributed by atoms with E-state index in [4.69, 9.17) is 10.2 Å². The number of hydrogen-bond acceptors (Lipinski definition) is 6. The Kier molecular flexibility index (Phi) is 9.03. The zero-order valence-electron chi connectivity index (χ0n) is 23.2. The van der Waals surface area contributed by atoms with Crippen molar-refractivity contribution in [2.75, 3.05) is 13.1 Å². The summed E-state index contributed by atoms with van der Waals surface area (Å²) in [5.74, 6) is -0.0942. The van der Waals surface area contributed by atoms with Gasteiger partial charge in [-0.25, -0.2) is 9.38 Å². The molecule has 0 saturated carbocycles. The fourth-order valence-corrected chi connectivity index (χ4v) is 4.66. The van der Waals surface area contributed by atoms with Crippen molar-refractivity contribution < 1.29 is 31.9 Å². The number of likely N-dealkylation sites (tertiary alicyclic amines) is 1. The van der Waals surface area contributed by atoms with Gasteiger partial charge in [0.2, 0.25) is 5.91 Å². The number of aliphatic imine (C=N–C) groups is 1. The van der Waals surface area contributed by atoms with Crippen molar-refractivity contribution in [3.8, 4) is 11.1 Å². The number of alkyl halides is 4. The van der Waals surface area contributed by atoms with Crippen molar-refractivity contribution in [2.45, 2.75) is 44.9 Å².